The lowest BCUT2D eigenvalue weighted by Crippen LogP contribution is -2.11. The van der Waals surface area contributed by atoms with Gasteiger partial charge in [-0.05, 0) is 12.8 Å². The van der Waals surface area contributed by atoms with Crippen molar-refractivity contribution >= 4 is 20.2 Å². The minimum absolute atomic E-state index is 0.000757. The van der Waals surface area contributed by atoms with Crippen LogP contribution in [-0.4, -0.2) is 41.6 Å². The molecule has 0 fully saturated rings. The summed E-state index contributed by atoms with van der Waals surface area (Å²) in [5.41, 5.74) is 0. The molecule has 0 unspecified atom stereocenters. The Morgan fingerprint density at radius 3 is 1.40 bits per heavy atom. The van der Waals surface area contributed by atoms with Gasteiger partial charge in [0.15, 0.2) is 0 Å². The molecule has 0 atom stereocenters. The van der Waals surface area contributed by atoms with Crippen LogP contribution in [0.4, 0.5) is 0 Å². The van der Waals surface area contributed by atoms with Crippen molar-refractivity contribution in [3.63, 3.8) is 0 Å². The normalized spacial score (nSPS) is 13.1. The van der Waals surface area contributed by atoms with Gasteiger partial charge in [-0.2, -0.15) is 16.8 Å². The fourth-order valence-electron chi connectivity index (χ4n) is 1.18. The number of unbranched alkanes of at least 4 members (excludes halogenated alkanes) is 2. The van der Waals surface area contributed by atoms with Crippen molar-refractivity contribution in [1.29, 1.82) is 0 Å². The maximum Gasteiger partial charge on any atom is 0.267 e. The minimum atomic E-state index is -3.48. The van der Waals surface area contributed by atoms with Gasteiger partial charge in [0.2, 0.25) is 0 Å². The molecule has 0 aromatic rings. The fraction of sp³-hybridized carbons (Fsp3) is 0.833. The monoisotopic (exact) mass is 328 g/mol. The quantitative estimate of drug-likeness (QED) is 0.401. The van der Waals surface area contributed by atoms with Gasteiger partial charge in [-0.1, -0.05) is 38.8 Å². The second-order valence-electron chi connectivity index (χ2n) is 4.27. The third kappa shape index (κ3) is 11.4. The van der Waals surface area contributed by atoms with Gasteiger partial charge in [0.05, 0.1) is 24.7 Å². The highest BCUT2D eigenvalue weighted by Crippen LogP contribution is 2.00. The van der Waals surface area contributed by atoms with Gasteiger partial charge in [0.25, 0.3) is 20.2 Å². The van der Waals surface area contributed by atoms with Gasteiger partial charge in [0.1, 0.15) is 0 Å². The molecule has 0 bridgehead atoms. The van der Waals surface area contributed by atoms with Crippen molar-refractivity contribution in [3.05, 3.63) is 12.2 Å². The van der Waals surface area contributed by atoms with Crippen molar-refractivity contribution in [1.82, 2.24) is 0 Å². The van der Waals surface area contributed by atoms with E-state index in [1.54, 1.807) is 0 Å². The van der Waals surface area contributed by atoms with Crippen molar-refractivity contribution in [2.75, 3.05) is 24.7 Å². The molecule has 0 radical (unpaired) electrons. The summed E-state index contributed by atoms with van der Waals surface area (Å²) in [5.74, 6) is -0.00151. The molecule has 120 valence electrons. The average molecular weight is 328 g/mol. The van der Waals surface area contributed by atoms with E-state index >= 15 is 0 Å². The SMILES string of the molecule is CCCCS(=O)(=O)OCC=CCOS(=O)(=O)CCCC. The van der Waals surface area contributed by atoms with Crippen molar-refractivity contribution < 1.29 is 25.2 Å². The van der Waals surface area contributed by atoms with Crippen LogP contribution in [0.3, 0.4) is 0 Å². The highest BCUT2D eigenvalue weighted by atomic mass is 32.2. The van der Waals surface area contributed by atoms with E-state index in [1.165, 1.54) is 12.2 Å². The number of rotatable bonds is 12. The number of hydrogen-bond donors (Lipinski definition) is 0. The molecule has 20 heavy (non-hydrogen) atoms. The standard InChI is InChI=1S/C12H24O6S2/c1-3-5-11-19(13,14)17-9-7-8-10-18-20(15,16)12-6-4-2/h7-8H,3-6,9-12H2,1-2H3. The molecular weight excluding hydrogens is 304 g/mol. The summed E-state index contributed by atoms with van der Waals surface area (Å²) in [5, 5.41) is 0. The Kier molecular flexibility index (Phi) is 10.1. The zero-order chi connectivity index (χ0) is 15.5. The molecule has 0 aromatic carbocycles. The minimum Gasteiger partial charge on any atom is -0.266 e. The first-order valence-electron chi connectivity index (χ1n) is 6.72. The van der Waals surface area contributed by atoms with Gasteiger partial charge >= 0.3 is 0 Å². The Hall–Kier alpha value is -0.440. The highest BCUT2D eigenvalue weighted by molar-refractivity contribution is 7.86. The van der Waals surface area contributed by atoms with E-state index in [2.05, 4.69) is 0 Å². The van der Waals surface area contributed by atoms with E-state index in [1.807, 2.05) is 13.8 Å². The lowest BCUT2D eigenvalue weighted by Gasteiger charge is -2.03. The molecule has 0 N–H and O–H groups in total. The molecule has 0 spiro atoms. The van der Waals surface area contributed by atoms with Crippen LogP contribution in [0.1, 0.15) is 39.5 Å². The molecule has 0 aromatic heterocycles. The predicted molar refractivity (Wildman–Crippen MR) is 78.4 cm³/mol. The maximum atomic E-state index is 11.3. The average Bonchev–Trinajstić information content (AvgIpc) is 2.38. The zero-order valence-corrected chi connectivity index (χ0v) is 13.7. The second kappa shape index (κ2) is 10.3. The Labute approximate surface area is 122 Å². The summed E-state index contributed by atoms with van der Waals surface area (Å²) in [6, 6.07) is 0. The van der Waals surface area contributed by atoms with Crippen LogP contribution < -0.4 is 0 Å². The van der Waals surface area contributed by atoms with Gasteiger partial charge in [-0.15, -0.1) is 0 Å². The van der Waals surface area contributed by atoms with E-state index in [-0.39, 0.29) is 24.7 Å². The molecular formula is C12H24O6S2. The summed E-state index contributed by atoms with van der Waals surface area (Å²) >= 11 is 0. The molecule has 0 aliphatic rings. The summed E-state index contributed by atoms with van der Waals surface area (Å²) < 4.78 is 54.7. The summed E-state index contributed by atoms with van der Waals surface area (Å²) in [7, 11) is -6.96. The Morgan fingerprint density at radius 2 is 1.10 bits per heavy atom. The van der Waals surface area contributed by atoms with Crippen molar-refractivity contribution in [2.24, 2.45) is 0 Å². The molecule has 0 aliphatic heterocycles. The molecule has 0 heterocycles. The first kappa shape index (κ1) is 19.6. The molecule has 0 aliphatic carbocycles. The van der Waals surface area contributed by atoms with E-state index < -0.39 is 20.2 Å². The van der Waals surface area contributed by atoms with E-state index in [9.17, 15) is 16.8 Å². The zero-order valence-electron chi connectivity index (χ0n) is 12.1. The second-order valence-corrected chi connectivity index (χ2v) is 7.79. The predicted octanol–water partition coefficient (Wildman–Crippen LogP) is 1.84. The van der Waals surface area contributed by atoms with Gasteiger partial charge in [0, 0.05) is 0 Å². The summed E-state index contributed by atoms with van der Waals surface area (Å²) in [6.07, 6.45) is 5.54. The number of hydrogen-bond acceptors (Lipinski definition) is 6. The van der Waals surface area contributed by atoms with Gasteiger partial charge < -0.3 is 0 Å². The molecule has 6 nitrogen and oxygen atoms in total. The van der Waals surface area contributed by atoms with Crippen LogP contribution >= 0.6 is 0 Å². The molecule has 8 heteroatoms. The largest absolute Gasteiger partial charge is 0.267 e. The van der Waals surface area contributed by atoms with Crippen LogP contribution in [-0.2, 0) is 28.6 Å². The van der Waals surface area contributed by atoms with E-state index in [4.69, 9.17) is 8.37 Å². The van der Waals surface area contributed by atoms with Crippen molar-refractivity contribution in [2.45, 2.75) is 39.5 Å². The molecule has 0 amide bonds. The van der Waals surface area contributed by atoms with Crippen molar-refractivity contribution in [3.8, 4) is 0 Å². The Bertz CT molecular complexity index is 420. The molecule has 0 saturated heterocycles. The fourth-order valence-corrected chi connectivity index (χ4v) is 3.27. The van der Waals surface area contributed by atoms with Crippen LogP contribution in [0.5, 0.6) is 0 Å². The van der Waals surface area contributed by atoms with Crippen LogP contribution in [0.15, 0.2) is 12.2 Å². The van der Waals surface area contributed by atoms with Gasteiger partial charge in [-0.25, -0.2) is 0 Å². The first-order chi connectivity index (χ1) is 9.33. The molecule has 0 rings (SSSR count). The maximum absolute atomic E-state index is 11.3. The van der Waals surface area contributed by atoms with E-state index in [0.29, 0.717) is 12.8 Å². The Morgan fingerprint density at radius 1 is 0.750 bits per heavy atom. The van der Waals surface area contributed by atoms with Crippen LogP contribution in [0.2, 0.25) is 0 Å². The van der Waals surface area contributed by atoms with E-state index in [0.717, 1.165) is 12.8 Å². The summed E-state index contributed by atoms with van der Waals surface area (Å²) in [4.78, 5) is 0. The highest BCUT2D eigenvalue weighted by Gasteiger charge is 2.09. The lowest BCUT2D eigenvalue weighted by atomic mass is 10.4. The third-order valence-electron chi connectivity index (χ3n) is 2.35. The summed E-state index contributed by atoms with van der Waals surface area (Å²) in [6.45, 7) is 3.58. The van der Waals surface area contributed by atoms with Gasteiger partial charge in [-0.3, -0.25) is 8.37 Å². The van der Waals surface area contributed by atoms with Crippen LogP contribution in [0.25, 0.3) is 0 Å². The third-order valence-corrected chi connectivity index (χ3v) is 4.92. The Balaban J connectivity index is 3.88. The molecule has 0 saturated carbocycles. The lowest BCUT2D eigenvalue weighted by molar-refractivity contribution is 0.345. The smallest absolute Gasteiger partial charge is 0.266 e. The topological polar surface area (TPSA) is 86.7 Å². The van der Waals surface area contributed by atoms with Crippen LogP contribution in [0, 0.1) is 0 Å². The first-order valence-corrected chi connectivity index (χ1v) is 9.87.